The summed E-state index contributed by atoms with van der Waals surface area (Å²) in [7, 11) is 0. The number of nitrogens with one attached hydrogen (secondary N) is 2. The van der Waals surface area contributed by atoms with Crippen LogP contribution in [-0.2, 0) is 4.79 Å². The Balaban J connectivity index is 1.84. The summed E-state index contributed by atoms with van der Waals surface area (Å²) >= 11 is 0. The molecule has 69 valence electrons. The van der Waals surface area contributed by atoms with Crippen molar-refractivity contribution in [2.24, 2.45) is 10.2 Å². The van der Waals surface area contributed by atoms with Crippen LogP contribution in [0.25, 0.3) is 0 Å². The molecule has 0 spiro atoms. The fourth-order valence-corrected chi connectivity index (χ4v) is 1.34. The van der Waals surface area contributed by atoms with Gasteiger partial charge in [-0.3, -0.25) is 4.79 Å². The first kappa shape index (κ1) is 8.03. The Labute approximate surface area is 75.5 Å². The van der Waals surface area contributed by atoms with Gasteiger partial charge in [0, 0.05) is 19.0 Å². The van der Waals surface area contributed by atoms with E-state index in [-0.39, 0.29) is 11.9 Å². The predicted molar refractivity (Wildman–Crippen MR) is 47.2 cm³/mol. The van der Waals surface area contributed by atoms with E-state index < -0.39 is 0 Å². The molecular formula is C7H10N5O. The van der Waals surface area contributed by atoms with E-state index in [0.29, 0.717) is 18.9 Å². The summed E-state index contributed by atoms with van der Waals surface area (Å²) in [5, 5.41) is 17.0. The van der Waals surface area contributed by atoms with Gasteiger partial charge < -0.3 is 10.6 Å². The van der Waals surface area contributed by atoms with Crippen LogP contribution in [-0.4, -0.2) is 30.8 Å². The zero-order valence-corrected chi connectivity index (χ0v) is 7.03. The highest BCUT2D eigenvalue weighted by Crippen LogP contribution is 2.03. The second kappa shape index (κ2) is 3.42. The third kappa shape index (κ3) is 1.95. The minimum Gasteiger partial charge on any atom is -0.356 e. The molecule has 2 N–H and O–H groups in total. The molecule has 1 unspecified atom stereocenters. The van der Waals surface area contributed by atoms with Crippen LogP contribution in [0, 0.1) is 0 Å². The Bertz CT molecular complexity index is 272. The number of rotatable bonds is 1. The van der Waals surface area contributed by atoms with Crippen LogP contribution < -0.4 is 16.0 Å². The highest BCUT2D eigenvalue weighted by atomic mass is 16.1. The lowest BCUT2D eigenvalue weighted by Crippen LogP contribution is -2.46. The molecule has 0 aromatic carbocycles. The predicted octanol–water partition coefficient (Wildman–Crippen LogP) is -1.23. The summed E-state index contributed by atoms with van der Waals surface area (Å²) in [6.07, 6.45) is 2.76. The molecule has 1 saturated heterocycles. The molecule has 2 rings (SSSR count). The molecule has 13 heavy (non-hydrogen) atoms. The zero-order chi connectivity index (χ0) is 9.10. The van der Waals surface area contributed by atoms with E-state index in [0.717, 1.165) is 6.42 Å². The number of carbonyl (C=O) groups is 1. The molecule has 0 aromatic rings. The van der Waals surface area contributed by atoms with E-state index in [1.807, 2.05) is 0 Å². The molecule has 1 fully saturated rings. The summed E-state index contributed by atoms with van der Waals surface area (Å²) in [5.41, 5.74) is 0. The van der Waals surface area contributed by atoms with Crippen molar-refractivity contribution in [2.75, 3.05) is 6.54 Å². The maximum absolute atomic E-state index is 11.0. The van der Waals surface area contributed by atoms with Gasteiger partial charge in [-0.05, 0) is 6.42 Å². The molecule has 2 heterocycles. The topological polar surface area (TPSA) is 80.0 Å². The van der Waals surface area contributed by atoms with Gasteiger partial charge in [-0.2, -0.15) is 5.32 Å². The Morgan fingerprint density at radius 2 is 2.54 bits per heavy atom. The molecule has 1 radical (unpaired) electrons. The molecular weight excluding hydrogens is 170 g/mol. The summed E-state index contributed by atoms with van der Waals surface area (Å²) in [5.74, 6) is 0.572. The monoisotopic (exact) mass is 180 g/mol. The van der Waals surface area contributed by atoms with Crippen LogP contribution in [0.2, 0.25) is 0 Å². The molecule has 1 atom stereocenters. The van der Waals surface area contributed by atoms with Gasteiger partial charge in [0.2, 0.25) is 11.9 Å². The minimum absolute atomic E-state index is 0.0725. The fourth-order valence-electron chi connectivity index (χ4n) is 1.34. The number of carbonyl (C=O) groups excluding carboxylic acids is 1. The first-order valence-corrected chi connectivity index (χ1v) is 4.18. The fraction of sp³-hybridized carbons (Fsp3) is 0.571. The van der Waals surface area contributed by atoms with Gasteiger partial charge in [-0.15, -0.1) is 10.2 Å². The lowest BCUT2D eigenvalue weighted by atomic mass is 10.1. The van der Waals surface area contributed by atoms with Crippen LogP contribution in [0.4, 0.5) is 0 Å². The van der Waals surface area contributed by atoms with E-state index in [2.05, 4.69) is 26.2 Å². The number of piperidine rings is 1. The number of hydrogen-bond acceptors (Lipinski definition) is 4. The van der Waals surface area contributed by atoms with Crippen molar-refractivity contribution in [1.82, 2.24) is 16.0 Å². The second-order valence-corrected chi connectivity index (χ2v) is 2.97. The van der Waals surface area contributed by atoms with Crippen molar-refractivity contribution < 1.29 is 4.79 Å². The zero-order valence-electron chi connectivity index (χ0n) is 7.03. The standard InChI is InChI=1S/C7H10N5O/c13-6-3-5(1-2-8-6)11-7-9-4-10-12-7/h4-5H,1-3H2,(H,8,13)(H,11,12). The lowest BCUT2D eigenvalue weighted by molar-refractivity contribution is -0.122. The van der Waals surface area contributed by atoms with E-state index >= 15 is 0 Å². The number of hydrogen-bond donors (Lipinski definition) is 2. The molecule has 2 aliphatic heterocycles. The third-order valence-electron chi connectivity index (χ3n) is 1.96. The van der Waals surface area contributed by atoms with Crippen LogP contribution in [0.5, 0.6) is 0 Å². The first-order valence-electron chi connectivity index (χ1n) is 4.18. The number of guanidine groups is 1. The molecule has 0 aliphatic carbocycles. The summed E-state index contributed by atoms with van der Waals surface area (Å²) in [6, 6.07) is 0.137. The van der Waals surface area contributed by atoms with E-state index in [1.54, 1.807) is 0 Å². The van der Waals surface area contributed by atoms with Crippen molar-refractivity contribution in [1.29, 1.82) is 0 Å². The van der Waals surface area contributed by atoms with Crippen LogP contribution in [0.3, 0.4) is 0 Å². The highest BCUT2D eigenvalue weighted by molar-refractivity contribution is 5.93. The van der Waals surface area contributed by atoms with Gasteiger partial charge in [-0.25, -0.2) is 0 Å². The average Bonchev–Trinajstić information content (AvgIpc) is 2.57. The van der Waals surface area contributed by atoms with E-state index in [9.17, 15) is 4.79 Å². The molecule has 0 saturated carbocycles. The van der Waals surface area contributed by atoms with Crippen molar-refractivity contribution in [3.8, 4) is 0 Å². The molecule has 0 aromatic heterocycles. The molecule has 1 amide bonds. The van der Waals surface area contributed by atoms with Crippen LogP contribution in [0.1, 0.15) is 12.8 Å². The smallest absolute Gasteiger partial charge is 0.244 e. The van der Waals surface area contributed by atoms with Gasteiger partial charge in [0.15, 0.2) is 0 Å². The Kier molecular flexibility index (Phi) is 2.11. The Morgan fingerprint density at radius 1 is 1.62 bits per heavy atom. The maximum Gasteiger partial charge on any atom is 0.244 e. The lowest BCUT2D eigenvalue weighted by Gasteiger charge is -2.22. The van der Waals surface area contributed by atoms with Gasteiger partial charge in [-0.1, -0.05) is 0 Å². The van der Waals surface area contributed by atoms with Crippen LogP contribution in [0.15, 0.2) is 10.2 Å². The molecule has 6 nitrogen and oxygen atoms in total. The van der Waals surface area contributed by atoms with E-state index in [1.165, 1.54) is 6.34 Å². The van der Waals surface area contributed by atoms with Gasteiger partial charge in [0.05, 0.1) is 0 Å². The quantitative estimate of drug-likeness (QED) is 0.530. The summed E-state index contributed by atoms with van der Waals surface area (Å²) < 4.78 is 0. The van der Waals surface area contributed by atoms with Crippen molar-refractivity contribution in [3.05, 3.63) is 0 Å². The largest absolute Gasteiger partial charge is 0.356 e. The molecule has 6 heteroatoms. The normalized spacial score (nSPS) is 26.3. The minimum atomic E-state index is 0.0725. The average molecular weight is 180 g/mol. The Morgan fingerprint density at radius 3 is 3.23 bits per heavy atom. The Hall–Kier alpha value is -1.59. The maximum atomic E-state index is 11.0. The van der Waals surface area contributed by atoms with Gasteiger partial charge >= 0.3 is 0 Å². The van der Waals surface area contributed by atoms with Gasteiger partial charge in [0.1, 0.15) is 6.34 Å². The molecule has 2 aliphatic rings. The summed E-state index contributed by atoms with van der Waals surface area (Å²) in [6.45, 7) is 0.713. The number of amides is 1. The third-order valence-corrected chi connectivity index (χ3v) is 1.96. The number of nitrogens with zero attached hydrogens (tertiary/aromatic N) is 3. The van der Waals surface area contributed by atoms with Crippen molar-refractivity contribution >= 4 is 18.2 Å². The highest BCUT2D eigenvalue weighted by Gasteiger charge is 2.20. The van der Waals surface area contributed by atoms with Gasteiger partial charge in [0.25, 0.3) is 0 Å². The first-order chi connectivity index (χ1) is 6.34. The van der Waals surface area contributed by atoms with E-state index in [4.69, 9.17) is 0 Å². The second-order valence-electron chi connectivity index (χ2n) is 2.97. The van der Waals surface area contributed by atoms with Crippen LogP contribution >= 0.6 is 0 Å². The van der Waals surface area contributed by atoms with Crippen molar-refractivity contribution in [2.45, 2.75) is 18.9 Å². The summed E-state index contributed by atoms with van der Waals surface area (Å²) in [4.78, 5) is 11.0. The SMILES string of the molecule is O=C1CC(NC2=NN=C[N]2)CCN1. The van der Waals surface area contributed by atoms with Crippen molar-refractivity contribution in [3.63, 3.8) is 0 Å². The molecule has 0 bridgehead atoms.